The molecule has 1 heterocycles. The number of nitrogens with one attached hydrogen (secondary N) is 1. The van der Waals surface area contributed by atoms with E-state index in [0.29, 0.717) is 24.7 Å². The van der Waals surface area contributed by atoms with Gasteiger partial charge in [0.1, 0.15) is 0 Å². The van der Waals surface area contributed by atoms with Crippen molar-refractivity contribution in [1.82, 2.24) is 20.4 Å². The van der Waals surface area contributed by atoms with Gasteiger partial charge in [-0.3, -0.25) is 4.99 Å². The average molecular weight is 508 g/mol. The first-order valence-corrected chi connectivity index (χ1v) is 8.41. The van der Waals surface area contributed by atoms with Crippen LogP contribution >= 0.6 is 39.9 Å². The van der Waals surface area contributed by atoms with Crippen LogP contribution in [0.15, 0.2) is 38.3 Å². The summed E-state index contributed by atoms with van der Waals surface area (Å²) in [6.07, 6.45) is 0.641. The van der Waals surface area contributed by atoms with Gasteiger partial charge in [-0.2, -0.15) is 4.98 Å². The molecule has 1 aromatic carbocycles. The van der Waals surface area contributed by atoms with Crippen LogP contribution in [0.25, 0.3) is 0 Å². The van der Waals surface area contributed by atoms with Gasteiger partial charge in [0.2, 0.25) is 5.89 Å². The van der Waals surface area contributed by atoms with Crippen molar-refractivity contribution in [2.75, 3.05) is 20.1 Å². The van der Waals surface area contributed by atoms with Crippen molar-refractivity contribution >= 4 is 45.9 Å². The predicted molar refractivity (Wildman–Crippen MR) is 110 cm³/mol. The summed E-state index contributed by atoms with van der Waals surface area (Å²) in [5, 5.41) is 7.09. The molecule has 0 aliphatic heterocycles. The van der Waals surface area contributed by atoms with Crippen molar-refractivity contribution < 1.29 is 4.52 Å². The summed E-state index contributed by atoms with van der Waals surface area (Å²) in [6.45, 7) is 6.09. The Balaban J connectivity index is 0.00000288. The topological polar surface area (TPSA) is 66.5 Å². The Bertz CT molecular complexity index is 644. The molecule has 0 aliphatic rings. The molecule has 0 unspecified atom stereocenters. The van der Waals surface area contributed by atoms with E-state index in [0.717, 1.165) is 23.5 Å². The fourth-order valence-electron chi connectivity index (χ4n) is 2.11. The number of aromatic nitrogens is 2. The van der Waals surface area contributed by atoms with Crippen molar-refractivity contribution in [3.8, 4) is 0 Å². The van der Waals surface area contributed by atoms with E-state index in [4.69, 9.17) is 4.52 Å². The van der Waals surface area contributed by atoms with Gasteiger partial charge >= 0.3 is 0 Å². The van der Waals surface area contributed by atoms with E-state index >= 15 is 0 Å². The van der Waals surface area contributed by atoms with E-state index < -0.39 is 0 Å². The summed E-state index contributed by atoms with van der Waals surface area (Å²) in [5.74, 6) is 2.15. The third kappa shape index (κ3) is 6.76. The smallest absolute Gasteiger partial charge is 0.228 e. The normalized spacial score (nSPS) is 11.1. The highest BCUT2D eigenvalue weighted by Gasteiger charge is 2.07. The molecule has 1 aromatic heterocycles. The monoisotopic (exact) mass is 507 g/mol. The molecule has 0 spiro atoms. The SMILES string of the molecule is CCNC(=NCCc1nc(C)no1)N(C)Cc1ccc(Br)cc1.I. The molecule has 0 saturated heterocycles. The maximum Gasteiger partial charge on any atom is 0.228 e. The lowest BCUT2D eigenvalue weighted by atomic mass is 10.2. The van der Waals surface area contributed by atoms with E-state index in [1.54, 1.807) is 0 Å². The first-order chi connectivity index (χ1) is 11.1. The summed E-state index contributed by atoms with van der Waals surface area (Å²) in [4.78, 5) is 10.9. The van der Waals surface area contributed by atoms with E-state index in [1.165, 1.54) is 5.56 Å². The zero-order valence-corrected chi connectivity index (χ0v) is 18.0. The Kier molecular flexibility index (Phi) is 9.27. The minimum atomic E-state index is 0. The minimum Gasteiger partial charge on any atom is -0.357 e. The number of hydrogen-bond donors (Lipinski definition) is 1. The lowest BCUT2D eigenvalue weighted by Crippen LogP contribution is -2.38. The summed E-state index contributed by atoms with van der Waals surface area (Å²) in [7, 11) is 2.03. The second kappa shape index (κ2) is 10.7. The third-order valence-corrected chi connectivity index (χ3v) is 3.72. The van der Waals surface area contributed by atoms with Crippen molar-refractivity contribution in [3.63, 3.8) is 0 Å². The fraction of sp³-hybridized carbons (Fsp3) is 0.438. The molecule has 24 heavy (non-hydrogen) atoms. The molecule has 0 radical (unpaired) electrons. The van der Waals surface area contributed by atoms with Crippen LogP contribution in [0, 0.1) is 6.92 Å². The van der Waals surface area contributed by atoms with Gasteiger partial charge in [-0.15, -0.1) is 24.0 Å². The molecule has 6 nitrogen and oxygen atoms in total. The molecule has 132 valence electrons. The Hall–Kier alpha value is -1.16. The molecular weight excluding hydrogens is 485 g/mol. The highest BCUT2D eigenvalue weighted by Crippen LogP contribution is 2.11. The second-order valence-electron chi connectivity index (χ2n) is 5.20. The predicted octanol–water partition coefficient (Wildman–Crippen LogP) is 3.40. The molecule has 0 fully saturated rings. The molecule has 8 heteroatoms. The number of guanidine groups is 1. The minimum absolute atomic E-state index is 0. The Morgan fingerprint density at radius 2 is 2.04 bits per heavy atom. The Morgan fingerprint density at radius 1 is 1.33 bits per heavy atom. The largest absolute Gasteiger partial charge is 0.357 e. The van der Waals surface area contributed by atoms with Gasteiger partial charge in [-0.25, -0.2) is 0 Å². The van der Waals surface area contributed by atoms with Crippen molar-refractivity contribution in [2.24, 2.45) is 4.99 Å². The van der Waals surface area contributed by atoms with Crippen molar-refractivity contribution in [2.45, 2.75) is 26.8 Å². The van der Waals surface area contributed by atoms with Crippen LogP contribution in [0.4, 0.5) is 0 Å². The van der Waals surface area contributed by atoms with E-state index in [1.807, 2.05) is 26.1 Å². The van der Waals surface area contributed by atoms with Crippen LogP contribution in [0.5, 0.6) is 0 Å². The maximum absolute atomic E-state index is 5.10. The van der Waals surface area contributed by atoms with E-state index in [2.05, 4.69) is 60.3 Å². The van der Waals surface area contributed by atoms with Crippen LogP contribution in [0.3, 0.4) is 0 Å². The zero-order valence-electron chi connectivity index (χ0n) is 14.1. The van der Waals surface area contributed by atoms with Gasteiger partial charge < -0.3 is 14.7 Å². The van der Waals surface area contributed by atoms with Crippen LogP contribution in [0.2, 0.25) is 0 Å². The van der Waals surface area contributed by atoms with Crippen molar-refractivity contribution in [1.29, 1.82) is 0 Å². The van der Waals surface area contributed by atoms with Crippen LogP contribution < -0.4 is 5.32 Å². The molecule has 0 aliphatic carbocycles. The van der Waals surface area contributed by atoms with E-state index in [-0.39, 0.29) is 24.0 Å². The quantitative estimate of drug-likeness (QED) is 0.369. The molecule has 2 rings (SSSR count). The van der Waals surface area contributed by atoms with Gasteiger partial charge in [0.05, 0.1) is 6.54 Å². The lowest BCUT2D eigenvalue weighted by Gasteiger charge is -2.22. The number of aliphatic imine (C=N–C) groups is 1. The Labute approximate surface area is 168 Å². The summed E-state index contributed by atoms with van der Waals surface area (Å²) in [6, 6.07) is 8.30. The van der Waals surface area contributed by atoms with Crippen molar-refractivity contribution in [3.05, 3.63) is 46.0 Å². The Morgan fingerprint density at radius 3 is 2.62 bits per heavy atom. The van der Waals surface area contributed by atoms with Gasteiger partial charge in [-0.1, -0.05) is 33.2 Å². The number of aryl methyl sites for hydroxylation is 1. The molecule has 0 saturated carbocycles. The van der Waals surface area contributed by atoms with Gasteiger partial charge in [-0.05, 0) is 31.5 Å². The number of rotatable bonds is 6. The summed E-state index contributed by atoms with van der Waals surface area (Å²) < 4.78 is 6.19. The standard InChI is InChI=1S/C16H22BrN5O.HI/c1-4-18-16(19-10-9-15-20-12(2)21-23-15)22(3)11-13-5-7-14(17)8-6-13;/h5-8H,4,9-11H2,1-3H3,(H,18,19);1H. The zero-order chi connectivity index (χ0) is 16.7. The fourth-order valence-corrected chi connectivity index (χ4v) is 2.37. The lowest BCUT2D eigenvalue weighted by molar-refractivity contribution is 0.375. The second-order valence-corrected chi connectivity index (χ2v) is 6.12. The average Bonchev–Trinajstić information content (AvgIpc) is 2.94. The van der Waals surface area contributed by atoms with Gasteiger partial charge in [0.15, 0.2) is 11.8 Å². The number of hydrogen-bond acceptors (Lipinski definition) is 4. The molecule has 0 bridgehead atoms. The molecule has 1 N–H and O–H groups in total. The number of benzene rings is 1. The highest BCUT2D eigenvalue weighted by molar-refractivity contribution is 14.0. The number of halogens is 2. The molecule has 0 atom stereocenters. The maximum atomic E-state index is 5.10. The van der Waals surface area contributed by atoms with Gasteiger partial charge in [0.25, 0.3) is 0 Å². The van der Waals surface area contributed by atoms with Gasteiger partial charge in [0, 0.05) is 31.0 Å². The molecule has 2 aromatic rings. The highest BCUT2D eigenvalue weighted by atomic mass is 127. The van der Waals surface area contributed by atoms with Crippen LogP contribution in [0.1, 0.15) is 24.2 Å². The first kappa shape index (κ1) is 20.9. The van der Waals surface area contributed by atoms with Crippen LogP contribution in [-0.2, 0) is 13.0 Å². The van der Waals surface area contributed by atoms with Crippen LogP contribution in [-0.4, -0.2) is 41.1 Å². The number of nitrogens with zero attached hydrogens (tertiary/aromatic N) is 4. The summed E-state index contributed by atoms with van der Waals surface area (Å²) >= 11 is 3.45. The third-order valence-electron chi connectivity index (χ3n) is 3.19. The first-order valence-electron chi connectivity index (χ1n) is 7.61. The van der Waals surface area contributed by atoms with E-state index in [9.17, 15) is 0 Å². The molecular formula is C16H23BrIN5O. The summed E-state index contributed by atoms with van der Waals surface area (Å²) in [5.41, 5.74) is 1.23. The molecule has 0 amide bonds.